The van der Waals surface area contributed by atoms with E-state index in [1.807, 2.05) is 0 Å². The number of pyridine rings is 1. The van der Waals surface area contributed by atoms with Crippen molar-refractivity contribution in [3.8, 4) is 0 Å². The highest BCUT2D eigenvalue weighted by Crippen LogP contribution is 2.15. The van der Waals surface area contributed by atoms with E-state index < -0.39 is 0 Å². The van der Waals surface area contributed by atoms with E-state index in [1.54, 1.807) is 6.92 Å². The van der Waals surface area contributed by atoms with E-state index in [0.29, 0.717) is 10.2 Å². The van der Waals surface area contributed by atoms with Gasteiger partial charge in [0.25, 0.3) is 0 Å². The molecule has 1 heterocycles. The maximum Gasteiger partial charge on any atom is 0.147 e. The van der Waals surface area contributed by atoms with Crippen molar-refractivity contribution < 1.29 is 4.39 Å². The van der Waals surface area contributed by atoms with Crippen LogP contribution >= 0.6 is 28.3 Å². The van der Waals surface area contributed by atoms with Gasteiger partial charge in [0.05, 0.1) is 5.69 Å². The van der Waals surface area contributed by atoms with E-state index in [2.05, 4.69) is 20.9 Å². The Balaban J connectivity index is 0.00000121. The third-order valence-electron chi connectivity index (χ3n) is 1.27. The van der Waals surface area contributed by atoms with Gasteiger partial charge in [0.2, 0.25) is 0 Å². The predicted octanol–water partition coefficient (Wildman–Crippen LogP) is 2.42. The van der Waals surface area contributed by atoms with Gasteiger partial charge in [-0.15, -0.1) is 12.4 Å². The number of nitrogens with zero attached hydrogens (tertiary/aromatic N) is 1. The van der Waals surface area contributed by atoms with E-state index in [1.165, 1.54) is 12.3 Å². The van der Waals surface area contributed by atoms with E-state index in [0.717, 1.165) is 0 Å². The topological polar surface area (TPSA) is 38.9 Å². The monoisotopic (exact) mass is 254 g/mol. The van der Waals surface area contributed by atoms with Crippen LogP contribution in [0.1, 0.15) is 18.7 Å². The molecule has 0 aliphatic carbocycles. The Morgan fingerprint density at radius 3 is 2.67 bits per heavy atom. The van der Waals surface area contributed by atoms with Gasteiger partial charge >= 0.3 is 0 Å². The summed E-state index contributed by atoms with van der Waals surface area (Å²) in [5.41, 5.74) is 5.75. The Morgan fingerprint density at radius 2 is 2.25 bits per heavy atom. The molecule has 2 nitrogen and oxygen atoms in total. The summed E-state index contributed by atoms with van der Waals surface area (Å²) in [6.07, 6.45) is 1.53. The van der Waals surface area contributed by atoms with Crippen molar-refractivity contribution in [2.45, 2.75) is 13.0 Å². The Kier molecular flexibility index (Phi) is 4.67. The molecule has 1 atom stereocenters. The van der Waals surface area contributed by atoms with Crippen molar-refractivity contribution in [1.82, 2.24) is 4.98 Å². The van der Waals surface area contributed by atoms with Crippen molar-refractivity contribution in [2.24, 2.45) is 5.73 Å². The zero-order valence-corrected chi connectivity index (χ0v) is 8.82. The van der Waals surface area contributed by atoms with Crippen molar-refractivity contribution in [2.75, 3.05) is 0 Å². The van der Waals surface area contributed by atoms with Crippen LogP contribution < -0.4 is 5.73 Å². The molecule has 1 aromatic rings. The van der Waals surface area contributed by atoms with Crippen LogP contribution in [0, 0.1) is 5.82 Å². The lowest BCUT2D eigenvalue weighted by Gasteiger charge is -2.04. The number of nitrogens with two attached hydrogens (primary N) is 1. The van der Waals surface area contributed by atoms with Crippen molar-refractivity contribution in [3.05, 3.63) is 28.2 Å². The van der Waals surface area contributed by atoms with E-state index in [4.69, 9.17) is 5.73 Å². The smallest absolute Gasteiger partial charge is 0.147 e. The SMILES string of the molecule is C[C@@H](N)c1ncc(Br)cc1F.Cl. The Bertz CT molecular complexity index is 268. The van der Waals surface area contributed by atoms with Crippen LogP contribution in [0.25, 0.3) is 0 Å². The molecule has 2 N–H and O–H groups in total. The standard InChI is InChI=1S/C7H8BrFN2.ClH/c1-4(10)7-6(9)2-5(8)3-11-7;/h2-4H,10H2,1H3;1H/t4-;/m1./s1. The van der Waals surface area contributed by atoms with Gasteiger partial charge in [0.15, 0.2) is 0 Å². The maximum absolute atomic E-state index is 12.9. The van der Waals surface area contributed by atoms with Crippen LogP contribution in [-0.2, 0) is 0 Å². The first kappa shape index (κ1) is 11.8. The van der Waals surface area contributed by atoms with Gasteiger partial charge in [-0.3, -0.25) is 4.98 Å². The summed E-state index contributed by atoms with van der Waals surface area (Å²) in [5.74, 6) is -0.366. The van der Waals surface area contributed by atoms with Crippen LogP contribution in [-0.4, -0.2) is 4.98 Å². The Morgan fingerprint density at radius 1 is 1.67 bits per heavy atom. The van der Waals surface area contributed by atoms with Gasteiger partial charge < -0.3 is 5.73 Å². The molecular weight excluding hydrogens is 246 g/mol. The third kappa shape index (κ3) is 2.69. The molecule has 0 aliphatic rings. The minimum Gasteiger partial charge on any atom is -0.323 e. The molecular formula is C7H9BrClFN2. The number of halogens is 3. The van der Waals surface area contributed by atoms with Crippen LogP contribution in [0.3, 0.4) is 0 Å². The molecule has 0 radical (unpaired) electrons. The van der Waals surface area contributed by atoms with Crippen LogP contribution in [0.4, 0.5) is 4.39 Å². The summed E-state index contributed by atoms with van der Waals surface area (Å²) in [7, 11) is 0. The first-order valence-electron chi connectivity index (χ1n) is 3.18. The normalized spacial score (nSPS) is 12.0. The zero-order valence-electron chi connectivity index (χ0n) is 6.42. The van der Waals surface area contributed by atoms with E-state index >= 15 is 0 Å². The Hall–Kier alpha value is -0.190. The summed E-state index contributed by atoms with van der Waals surface area (Å²) in [6, 6.07) is 0.995. The largest absolute Gasteiger partial charge is 0.323 e. The fourth-order valence-corrected chi connectivity index (χ4v) is 1.06. The van der Waals surface area contributed by atoms with Crippen molar-refractivity contribution >= 4 is 28.3 Å². The number of hydrogen-bond donors (Lipinski definition) is 1. The fraction of sp³-hybridized carbons (Fsp3) is 0.286. The summed E-state index contributed by atoms with van der Waals surface area (Å²) < 4.78 is 13.6. The fourth-order valence-electron chi connectivity index (χ4n) is 0.760. The summed E-state index contributed by atoms with van der Waals surface area (Å²) >= 11 is 3.10. The Labute approximate surface area is 84.9 Å². The molecule has 1 rings (SSSR count). The lowest BCUT2D eigenvalue weighted by molar-refractivity contribution is 0.578. The molecule has 1 aromatic heterocycles. The average Bonchev–Trinajstić information content (AvgIpc) is 1.85. The molecule has 68 valence electrons. The maximum atomic E-state index is 12.9. The molecule has 0 aromatic carbocycles. The molecule has 0 saturated carbocycles. The molecule has 0 aliphatic heterocycles. The molecule has 0 unspecified atom stereocenters. The highest BCUT2D eigenvalue weighted by Gasteiger charge is 2.07. The first-order valence-corrected chi connectivity index (χ1v) is 3.97. The molecule has 0 amide bonds. The molecule has 12 heavy (non-hydrogen) atoms. The second-order valence-corrected chi connectivity index (χ2v) is 3.22. The molecule has 0 saturated heterocycles. The molecule has 0 spiro atoms. The number of aromatic nitrogens is 1. The summed E-state index contributed by atoms with van der Waals surface area (Å²) in [5, 5.41) is 0. The highest BCUT2D eigenvalue weighted by molar-refractivity contribution is 9.10. The van der Waals surface area contributed by atoms with Gasteiger partial charge in [-0.2, -0.15) is 0 Å². The molecule has 0 fully saturated rings. The van der Waals surface area contributed by atoms with Crippen LogP contribution in [0.15, 0.2) is 16.7 Å². The number of hydrogen-bond acceptors (Lipinski definition) is 2. The summed E-state index contributed by atoms with van der Waals surface area (Å²) in [4.78, 5) is 3.83. The summed E-state index contributed by atoms with van der Waals surface area (Å²) in [6.45, 7) is 1.69. The van der Waals surface area contributed by atoms with Crippen LogP contribution in [0.2, 0.25) is 0 Å². The van der Waals surface area contributed by atoms with Gasteiger partial charge in [-0.05, 0) is 28.9 Å². The van der Waals surface area contributed by atoms with Crippen molar-refractivity contribution in [1.29, 1.82) is 0 Å². The molecule has 5 heteroatoms. The van der Waals surface area contributed by atoms with Gasteiger partial charge in [-0.1, -0.05) is 0 Å². The average molecular weight is 256 g/mol. The lowest BCUT2D eigenvalue weighted by Crippen LogP contribution is -2.09. The van der Waals surface area contributed by atoms with Gasteiger partial charge in [0, 0.05) is 16.7 Å². The van der Waals surface area contributed by atoms with E-state index in [9.17, 15) is 4.39 Å². The minimum absolute atomic E-state index is 0. The minimum atomic E-state index is -0.366. The van der Waals surface area contributed by atoms with E-state index in [-0.39, 0.29) is 24.3 Å². The third-order valence-corrected chi connectivity index (χ3v) is 1.70. The van der Waals surface area contributed by atoms with Crippen molar-refractivity contribution in [3.63, 3.8) is 0 Å². The predicted molar refractivity (Wildman–Crippen MR) is 51.7 cm³/mol. The molecule has 0 bridgehead atoms. The lowest BCUT2D eigenvalue weighted by atomic mass is 10.2. The highest BCUT2D eigenvalue weighted by atomic mass is 79.9. The zero-order chi connectivity index (χ0) is 8.43. The van der Waals surface area contributed by atoms with Crippen LogP contribution in [0.5, 0.6) is 0 Å². The van der Waals surface area contributed by atoms with Gasteiger partial charge in [-0.25, -0.2) is 4.39 Å². The quantitative estimate of drug-likeness (QED) is 0.837. The second kappa shape index (κ2) is 4.74. The van der Waals surface area contributed by atoms with Gasteiger partial charge in [0.1, 0.15) is 5.82 Å². The number of rotatable bonds is 1. The first-order chi connectivity index (χ1) is 5.11. The second-order valence-electron chi connectivity index (χ2n) is 2.31.